The minimum absolute atomic E-state index is 0.00636. The van der Waals surface area contributed by atoms with E-state index in [9.17, 15) is 32.4 Å². The number of hydrogen-bond acceptors (Lipinski definition) is 7. The highest BCUT2D eigenvalue weighted by Crippen LogP contribution is 2.61. The van der Waals surface area contributed by atoms with Crippen LogP contribution in [0.3, 0.4) is 0 Å². The zero-order valence-electron chi connectivity index (χ0n) is 32.2. The minimum atomic E-state index is -3.58. The lowest BCUT2D eigenvalue weighted by Crippen LogP contribution is -2.64. The first-order chi connectivity index (χ1) is 24.8. The topological polar surface area (TPSA) is 171 Å². The van der Waals surface area contributed by atoms with Gasteiger partial charge in [0, 0.05) is 19.0 Å². The first kappa shape index (κ1) is 40.4. The highest BCUT2D eigenvalue weighted by atomic mass is 32.2. The number of Topliss-reactive ketones (excluding diaryl/α,β-unsaturated/α-hetero) is 1. The molecule has 1 aromatic rings. The summed E-state index contributed by atoms with van der Waals surface area (Å²) < 4.78 is 25.8. The molecule has 3 unspecified atom stereocenters. The smallest absolute Gasteiger partial charge is 0.315 e. The summed E-state index contributed by atoms with van der Waals surface area (Å²) >= 11 is 0. The molecule has 53 heavy (non-hydrogen) atoms. The molecule has 1 aliphatic heterocycles. The van der Waals surface area contributed by atoms with E-state index < -0.39 is 73.2 Å². The van der Waals surface area contributed by atoms with Crippen molar-refractivity contribution in [2.75, 3.05) is 18.8 Å². The second-order valence-electron chi connectivity index (χ2n) is 17.8. The third kappa shape index (κ3) is 9.32. The molecule has 4 N–H and O–H groups in total. The summed E-state index contributed by atoms with van der Waals surface area (Å²) in [5.41, 5.74) is -0.692. The predicted octanol–water partition coefficient (Wildman–Crippen LogP) is 4.01. The molecule has 1 aromatic carbocycles. The SMILES string of the molecule is C=CCNC(=O)C(=O)C(CC1CC1)NC(=O)[C@@H]1C2C(c3ccccc3)[C@H]2CN1C(=O)[C@@H](NC(=O)NC1(CS(=O)(=O)C(C)(C)C)CCCCC1)C(C)(C)C. The lowest BCUT2D eigenvalue weighted by molar-refractivity contribution is -0.144. The number of piperidine rings is 1. The molecular weight excluding hydrogens is 695 g/mol. The molecule has 5 rings (SSSR count). The number of ketones is 1. The molecule has 1 saturated heterocycles. The number of nitrogens with zero attached hydrogens (tertiary/aromatic N) is 1. The van der Waals surface area contributed by atoms with Crippen LogP contribution >= 0.6 is 0 Å². The van der Waals surface area contributed by atoms with Crippen molar-refractivity contribution in [3.63, 3.8) is 0 Å². The van der Waals surface area contributed by atoms with Gasteiger partial charge in [0.05, 0.1) is 22.1 Å². The molecule has 5 amide bonds. The van der Waals surface area contributed by atoms with E-state index in [0.717, 1.165) is 37.7 Å². The van der Waals surface area contributed by atoms with Gasteiger partial charge in [-0.3, -0.25) is 19.2 Å². The number of fused-ring (bicyclic) bond motifs is 1. The minimum Gasteiger partial charge on any atom is -0.346 e. The molecule has 0 spiro atoms. The molecule has 0 radical (unpaired) electrons. The number of urea groups is 1. The van der Waals surface area contributed by atoms with Gasteiger partial charge >= 0.3 is 6.03 Å². The summed E-state index contributed by atoms with van der Waals surface area (Å²) in [6.07, 6.45) is 7.14. The molecule has 292 valence electrons. The highest BCUT2D eigenvalue weighted by molar-refractivity contribution is 7.92. The van der Waals surface area contributed by atoms with Gasteiger partial charge in [-0.25, -0.2) is 13.2 Å². The molecule has 3 saturated carbocycles. The van der Waals surface area contributed by atoms with Gasteiger partial charge < -0.3 is 26.2 Å². The van der Waals surface area contributed by atoms with Gasteiger partial charge in [-0.1, -0.05) is 89.3 Å². The molecule has 0 aromatic heterocycles. The number of hydrogen-bond donors (Lipinski definition) is 4. The van der Waals surface area contributed by atoms with Gasteiger partial charge in [0.1, 0.15) is 12.1 Å². The Hall–Kier alpha value is -3.74. The fourth-order valence-corrected chi connectivity index (χ4v) is 9.75. The Kier molecular flexibility index (Phi) is 11.9. The normalized spacial score (nSPS) is 24.9. The van der Waals surface area contributed by atoms with Crippen molar-refractivity contribution in [1.29, 1.82) is 0 Å². The van der Waals surface area contributed by atoms with Crippen LogP contribution < -0.4 is 21.3 Å². The first-order valence-electron chi connectivity index (χ1n) is 19.2. The van der Waals surface area contributed by atoms with Gasteiger partial charge in [-0.05, 0) is 68.8 Å². The predicted molar refractivity (Wildman–Crippen MR) is 203 cm³/mol. The monoisotopic (exact) mass is 753 g/mol. The Bertz CT molecular complexity index is 1670. The van der Waals surface area contributed by atoms with Gasteiger partial charge in [0.2, 0.25) is 17.6 Å². The standard InChI is InChI=1S/C40H59N5O7S/c1-8-21-41-35(48)32(46)28(22-25-17-18-25)42-34(47)31-30-27(29(30)26-15-11-9-12-16-26)23-45(31)36(49)33(38(2,3)4)43-37(50)44-40(19-13-10-14-20-40)24-53(51,52)39(5,6)7/h8-9,11-12,15-16,25,27-31,33H,1,10,13-14,17-24H2,2-7H3,(H,41,48)(H,42,47)(H2,43,44,50)/t27-,28?,29?,30?,31+,33-/m1/s1. The molecular formula is C40H59N5O7S. The fourth-order valence-electron chi connectivity index (χ4n) is 8.23. The zero-order valence-corrected chi connectivity index (χ0v) is 33.0. The lowest BCUT2D eigenvalue weighted by atomic mass is 9.83. The van der Waals surface area contributed by atoms with E-state index in [4.69, 9.17) is 0 Å². The fraction of sp³-hybridized carbons (Fsp3) is 0.675. The van der Waals surface area contributed by atoms with Crippen molar-refractivity contribution in [2.45, 2.75) is 127 Å². The molecule has 4 fully saturated rings. The van der Waals surface area contributed by atoms with E-state index >= 15 is 0 Å². The number of nitrogens with one attached hydrogen (secondary N) is 4. The largest absolute Gasteiger partial charge is 0.346 e. The van der Waals surface area contributed by atoms with Crippen LogP contribution in [0.1, 0.15) is 104 Å². The van der Waals surface area contributed by atoms with Crippen LogP contribution in [0.2, 0.25) is 0 Å². The average Bonchev–Trinajstić information content (AvgIpc) is 4.00. The van der Waals surface area contributed by atoms with Crippen LogP contribution in [0.25, 0.3) is 0 Å². The van der Waals surface area contributed by atoms with Crippen LogP contribution in [0, 0.1) is 23.2 Å². The third-order valence-corrected chi connectivity index (χ3v) is 14.4. The number of likely N-dealkylation sites (tertiary alicyclic amines) is 1. The Morgan fingerprint density at radius 2 is 1.60 bits per heavy atom. The molecule has 0 bridgehead atoms. The number of sulfone groups is 1. The van der Waals surface area contributed by atoms with Gasteiger partial charge in [-0.15, -0.1) is 6.58 Å². The maximum Gasteiger partial charge on any atom is 0.315 e. The van der Waals surface area contributed by atoms with E-state index in [0.29, 0.717) is 19.3 Å². The van der Waals surface area contributed by atoms with E-state index in [-0.39, 0.29) is 42.5 Å². The van der Waals surface area contributed by atoms with Crippen molar-refractivity contribution in [3.05, 3.63) is 48.6 Å². The summed E-state index contributed by atoms with van der Waals surface area (Å²) in [5, 5.41) is 11.3. The molecule has 13 heteroatoms. The summed E-state index contributed by atoms with van der Waals surface area (Å²) in [6.45, 7) is 14.5. The van der Waals surface area contributed by atoms with Crippen molar-refractivity contribution in [2.24, 2.45) is 23.2 Å². The summed E-state index contributed by atoms with van der Waals surface area (Å²) in [4.78, 5) is 70.5. The second-order valence-corrected chi connectivity index (χ2v) is 20.6. The third-order valence-electron chi connectivity index (χ3n) is 11.6. The number of rotatable bonds is 14. The average molecular weight is 754 g/mol. The van der Waals surface area contributed by atoms with Crippen LogP contribution in [-0.2, 0) is 29.0 Å². The van der Waals surface area contributed by atoms with E-state index in [1.807, 2.05) is 51.1 Å². The Morgan fingerprint density at radius 3 is 2.17 bits per heavy atom. The van der Waals surface area contributed by atoms with E-state index in [2.05, 4.69) is 27.8 Å². The van der Waals surface area contributed by atoms with Crippen LogP contribution in [-0.4, -0.2) is 90.1 Å². The number of carbonyl (C=O) groups excluding carboxylic acids is 5. The highest BCUT2D eigenvalue weighted by Gasteiger charge is 2.65. The molecule has 3 aliphatic carbocycles. The molecule has 6 atom stereocenters. The molecule has 1 heterocycles. The molecule has 12 nitrogen and oxygen atoms in total. The first-order valence-corrected chi connectivity index (χ1v) is 20.8. The lowest BCUT2D eigenvalue weighted by Gasteiger charge is -2.41. The van der Waals surface area contributed by atoms with Crippen LogP contribution in [0.5, 0.6) is 0 Å². The Morgan fingerprint density at radius 1 is 0.962 bits per heavy atom. The maximum atomic E-state index is 14.7. The van der Waals surface area contributed by atoms with Gasteiger partial charge in [0.25, 0.3) is 5.91 Å². The quantitative estimate of drug-likeness (QED) is 0.164. The summed E-state index contributed by atoms with van der Waals surface area (Å²) in [6, 6.07) is 6.18. The second kappa shape index (κ2) is 15.5. The van der Waals surface area contributed by atoms with Crippen molar-refractivity contribution in [3.8, 4) is 0 Å². The van der Waals surface area contributed by atoms with Crippen LogP contribution in [0.4, 0.5) is 4.79 Å². The number of carbonyl (C=O) groups is 5. The van der Waals surface area contributed by atoms with Crippen molar-refractivity contribution >= 4 is 39.4 Å². The van der Waals surface area contributed by atoms with E-state index in [1.54, 1.807) is 20.8 Å². The maximum absolute atomic E-state index is 14.7. The summed E-state index contributed by atoms with van der Waals surface area (Å²) in [5.74, 6) is -2.61. The van der Waals surface area contributed by atoms with Crippen LogP contribution in [0.15, 0.2) is 43.0 Å². The number of amides is 5. The zero-order chi connectivity index (χ0) is 38.9. The van der Waals surface area contributed by atoms with Gasteiger partial charge in [-0.2, -0.15) is 0 Å². The Labute approximate surface area is 315 Å². The Balaban J connectivity index is 1.39. The number of benzene rings is 1. The van der Waals surface area contributed by atoms with E-state index in [1.165, 1.54) is 11.0 Å². The summed E-state index contributed by atoms with van der Waals surface area (Å²) in [7, 11) is -3.58. The van der Waals surface area contributed by atoms with Crippen molar-refractivity contribution in [1.82, 2.24) is 26.2 Å². The molecule has 4 aliphatic rings. The van der Waals surface area contributed by atoms with Crippen molar-refractivity contribution < 1.29 is 32.4 Å². The van der Waals surface area contributed by atoms with Gasteiger partial charge in [0.15, 0.2) is 9.84 Å².